The van der Waals surface area contributed by atoms with Crippen LogP contribution in [0.4, 0.5) is 11.4 Å². The van der Waals surface area contributed by atoms with Gasteiger partial charge in [-0.1, -0.05) is 11.6 Å². The van der Waals surface area contributed by atoms with Gasteiger partial charge in [0.05, 0.1) is 35.1 Å². The van der Waals surface area contributed by atoms with Crippen molar-refractivity contribution in [3.05, 3.63) is 68.2 Å². The molecule has 2 rings (SSSR count). The van der Waals surface area contributed by atoms with E-state index in [1.807, 2.05) is 6.07 Å². The molecule has 0 bridgehead atoms. The van der Waals surface area contributed by atoms with Gasteiger partial charge in [-0.2, -0.15) is 5.26 Å². The maximum absolute atomic E-state index is 12.7. The number of amides is 1. The molecule has 11 heteroatoms. The number of ether oxygens (including phenoxy) is 2. The summed E-state index contributed by atoms with van der Waals surface area (Å²) in [6.45, 7) is 2.72. The van der Waals surface area contributed by atoms with Gasteiger partial charge in [0.15, 0.2) is 6.61 Å². The Balaban J connectivity index is 2.22. The van der Waals surface area contributed by atoms with E-state index in [2.05, 4.69) is 0 Å². The molecule has 0 aliphatic heterocycles. The molecule has 1 amide bonds. The molecule has 0 unspecified atom stereocenters. The molecule has 0 N–H and O–H groups in total. The Labute approximate surface area is 194 Å². The molecule has 0 aromatic heterocycles. The number of benzene rings is 2. The second-order valence-corrected chi connectivity index (χ2v) is 7.12. The summed E-state index contributed by atoms with van der Waals surface area (Å²) in [5.41, 5.74) is 0.186. The van der Waals surface area contributed by atoms with E-state index in [4.69, 9.17) is 26.3 Å². The van der Waals surface area contributed by atoms with E-state index in [1.54, 1.807) is 32.0 Å². The molecule has 0 spiro atoms. The minimum atomic E-state index is -1.04. The Morgan fingerprint density at radius 3 is 2.30 bits per heavy atom. The lowest BCUT2D eigenvalue weighted by Gasteiger charge is -2.22. The van der Waals surface area contributed by atoms with Crippen molar-refractivity contribution in [2.75, 3.05) is 24.7 Å². The van der Waals surface area contributed by atoms with E-state index in [9.17, 15) is 24.5 Å². The number of anilines is 1. The van der Waals surface area contributed by atoms with Crippen molar-refractivity contribution in [1.82, 2.24) is 0 Å². The first-order chi connectivity index (χ1) is 15.7. The van der Waals surface area contributed by atoms with Crippen molar-refractivity contribution in [1.29, 1.82) is 5.26 Å². The number of non-ortho nitro benzene ring substituents is 1. The maximum Gasteiger partial charge on any atom is 0.338 e. The Kier molecular flexibility index (Phi) is 8.89. The van der Waals surface area contributed by atoms with Crippen LogP contribution in [0, 0.1) is 28.4 Å². The molecule has 33 heavy (non-hydrogen) atoms. The number of halogens is 1. The largest absolute Gasteiger partial charge is 0.462 e. The summed E-state index contributed by atoms with van der Waals surface area (Å²) >= 11 is 6.02. The molecule has 10 nitrogen and oxygen atoms in total. The van der Waals surface area contributed by atoms with E-state index in [1.165, 1.54) is 4.90 Å². The fourth-order valence-corrected chi connectivity index (χ4v) is 2.93. The molecule has 0 aliphatic rings. The van der Waals surface area contributed by atoms with Crippen LogP contribution in [0.5, 0.6) is 0 Å². The zero-order valence-corrected chi connectivity index (χ0v) is 18.6. The van der Waals surface area contributed by atoms with Crippen molar-refractivity contribution >= 4 is 40.8 Å². The van der Waals surface area contributed by atoms with E-state index < -0.39 is 35.1 Å². The van der Waals surface area contributed by atoms with E-state index in [0.29, 0.717) is 16.3 Å². The summed E-state index contributed by atoms with van der Waals surface area (Å²) in [6, 6.07) is 9.81. The minimum absolute atomic E-state index is 0.0368. The molecule has 0 heterocycles. The maximum atomic E-state index is 12.7. The molecule has 0 radical (unpaired) electrons. The van der Waals surface area contributed by atoms with Crippen LogP contribution in [0.2, 0.25) is 5.02 Å². The van der Waals surface area contributed by atoms with Gasteiger partial charge >= 0.3 is 11.9 Å². The van der Waals surface area contributed by atoms with Gasteiger partial charge in [0.2, 0.25) is 0 Å². The first-order valence-electron chi connectivity index (χ1n) is 9.75. The molecule has 0 saturated carbocycles. The summed E-state index contributed by atoms with van der Waals surface area (Å²) in [6.07, 6.45) is 0.0368. The summed E-state index contributed by atoms with van der Waals surface area (Å²) in [4.78, 5) is 48.9. The van der Waals surface area contributed by atoms with Crippen molar-refractivity contribution in [2.45, 2.75) is 20.3 Å². The van der Waals surface area contributed by atoms with Crippen LogP contribution in [0.1, 0.15) is 39.6 Å². The van der Waals surface area contributed by atoms with Gasteiger partial charge in [-0.15, -0.1) is 0 Å². The van der Waals surface area contributed by atoms with Gasteiger partial charge in [0.25, 0.3) is 11.6 Å². The number of aryl methyl sites for hydroxylation is 1. The van der Waals surface area contributed by atoms with E-state index in [0.717, 1.165) is 18.2 Å². The topological polar surface area (TPSA) is 140 Å². The smallest absolute Gasteiger partial charge is 0.338 e. The lowest BCUT2D eigenvalue weighted by atomic mass is 10.1. The second-order valence-electron chi connectivity index (χ2n) is 6.71. The number of nitriles is 1. The Hall–Kier alpha value is -3.97. The van der Waals surface area contributed by atoms with Crippen molar-refractivity contribution in [3.8, 4) is 6.07 Å². The summed E-state index contributed by atoms with van der Waals surface area (Å²) in [7, 11) is 0. The molecule has 0 fully saturated rings. The number of carbonyl (C=O) groups excluding carboxylic acids is 3. The average molecular weight is 474 g/mol. The predicted molar refractivity (Wildman–Crippen MR) is 118 cm³/mol. The highest BCUT2D eigenvalue weighted by atomic mass is 35.5. The number of rotatable bonds is 9. The zero-order valence-electron chi connectivity index (χ0n) is 17.9. The van der Waals surface area contributed by atoms with Crippen LogP contribution in [0.25, 0.3) is 0 Å². The fraction of sp³-hybridized carbons (Fsp3) is 0.273. The number of hydrogen-bond donors (Lipinski definition) is 0. The van der Waals surface area contributed by atoms with Crippen LogP contribution in [0.3, 0.4) is 0 Å². The molecule has 0 atom stereocenters. The predicted octanol–water partition coefficient (Wildman–Crippen LogP) is 3.84. The Bertz CT molecular complexity index is 1130. The summed E-state index contributed by atoms with van der Waals surface area (Å²) < 4.78 is 9.86. The molecular formula is C22H20ClN3O7. The quantitative estimate of drug-likeness (QED) is 0.304. The molecule has 0 saturated heterocycles. The molecule has 2 aromatic rings. The second kappa shape index (κ2) is 11.6. The fourth-order valence-electron chi connectivity index (χ4n) is 2.81. The Morgan fingerprint density at radius 1 is 1.12 bits per heavy atom. The molecule has 172 valence electrons. The number of nitro benzene ring substituents is 1. The number of esters is 2. The van der Waals surface area contributed by atoms with Crippen LogP contribution >= 0.6 is 11.6 Å². The van der Waals surface area contributed by atoms with Gasteiger partial charge in [-0.3, -0.25) is 14.9 Å². The van der Waals surface area contributed by atoms with Crippen LogP contribution in [-0.2, 0) is 14.3 Å². The minimum Gasteiger partial charge on any atom is -0.462 e. The molecule has 2 aromatic carbocycles. The molecular weight excluding hydrogens is 454 g/mol. The van der Waals surface area contributed by atoms with Gasteiger partial charge in [-0.25, -0.2) is 9.59 Å². The van der Waals surface area contributed by atoms with Crippen LogP contribution in [0.15, 0.2) is 36.4 Å². The highest BCUT2D eigenvalue weighted by Gasteiger charge is 2.22. The first-order valence-corrected chi connectivity index (χ1v) is 10.1. The third kappa shape index (κ3) is 6.75. The Morgan fingerprint density at radius 2 is 1.76 bits per heavy atom. The zero-order chi connectivity index (χ0) is 24.5. The van der Waals surface area contributed by atoms with E-state index >= 15 is 0 Å². The van der Waals surface area contributed by atoms with Gasteiger partial charge in [0, 0.05) is 29.4 Å². The lowest BCUT2D eigenvalue weighted by molar-refractivity contribution is -0.384. The number of nitro groups is 1. The lowest BCUT2D eigenvalue weighted by Crippen LogP contribution is -2.35. The number of nitrogens with zero attached hydrogens (tertiary/aromatic N) is 3. The van der Waals surface area contributed by atoms with Crippen molar-refractivity contribution in [2.24, 2.45) is 0 Å². The molecule has 0 aliphatic carbocycles. The van der Waals surface area contributed by atoms with Crippen molar-refractivity contribution in [3.63, 3.8) is 0 Å². The average Bonchev–Trinajstić information content (AvgIpc) is 2.79. The number of carbonyl (C=O) groups is 3. The SMILES string of the molecule is CCOC(=O)c1cc(C(=O)OCC(=O)N(CCC#N)c2ccc(Cl)c(C)c2)cc([N+](=O)[O-])c1. The van der Waals surface area contributed by atoms with Crippen molar-refractivity contribution < 1.29 is 28.8 Å². The first kappa shape index (κ1) is 25.3. The van der Waals surface area contributed by atoms with E-state index in [-0.39, 0.29) is 30.7 Å². The summed E-state index contributed by atoms with van der Waals surface area (Å²) in [5.74, 6) is -2.49. The standard InChI is InChI=1S/C22H20ClN3O7/c1-3-32-21(28)15-10-16(12-18(11-15)26(30)31)22(29)33-13-20(27)25(8-4-7-24)17-5-6-19(23)14(2)9-17/h5-6,9-12H,3-4,8,13H2,1-2H3. The normalized spacial score (nSPS) is 10.1. The van der Waals surface area contributed by atoms with Gasteiger partial charge in [-0.05, 0) is 43.7 Å². The highest BCUT2D eigenvalue weighted by Crippen LogP contribution is 2.23. The van der Waals surface area contributed by atoms with Crippen LogP contribution in [-0.4, -0.2) is 42.5 Å². The summed E-state index contributed by atoms with van der Waals surface area (Å²) in [5, 5.41) is 20.6. The number of hydrogen-bond acceptors (Lipinski definition) is 8. The van der Waals surface area contributed by atoms with Crippen LogP contribution < -0.4 is 4.90 Å². The van der Waals surface area contributed by atoms with Gasteiger partial charge in [0.1, 0.15) is 0 Å². The third-order valence-corrected chi connectivity index (χ3v) is 4.83. The third-order valence-electron chi connectivity index (χ3n) is 4.40. The van der Waals surface area contributed by atoms with Gasteiger partial charge < -0.3 is 14.4 Å². The monoisotopic (exact) mass is 473 g/mol. The highest BCUT2D eigenvalue weighted by molar-refractivity contribution is 6.31.